The number of amides is 2. The average molecular weight is 591 g/mol. The standard InChI is InChI=1S/C32H32F2N4O5/c1-41-29-17-23-26(18-30(29)42-19-20-8-12-36-13-9-20)37-14-10-27(23)43-28-7-6-22(16-25(28)34)38(32(40)31(35)39)15-11-21-4-2-3-5-24(21)33/h2-7,10,14,16-18,20,36H,8-9,11-13,15,19H2,1H3,(H2,35,39). The molecule has 0 bridgehead atoms. The summed E-state index contributed by atoms with van der Waals surface area (Å²) < 4.78 is 47.1. The topological polar surface area (TPSA) is 116 Å². The van der Waals surface area contributed by atoms with Crippen molar-refractivity contribution >= 4 is 28.4 Å². The monoisotopic (exact) mass is 590 g/mol. The Balaban J connectivity index is 1.37. The fraction of sp³-hybridized carbons (Fsp3) is 0.281. The van der Waals surface area contributed by atoms with Crippen molar-refractivity contribution in [2.24, 2.45) is 11.7 Å². The van der Waals surface area contributed by atoms with Crippen LogP contribution in [0.2, 0.25) is 0 Å². The number of ether oxygens (including phenoxy) is 3. The van der Waals surface area contributed by atoms with Gasteiger partial charge in [0, 0.05) is 35.9 Å². The van der Waals surface area contributed by atoms with Gasteiger partial charge in [-0.3, -0.25) is 14.6 Å². The Bertz CT molecular complexity index is 1630. The van der Waals surface area contributed by atoms with E-state index in [2.05, 4.69) is 10.3 Å². The number of aromatic nitrogens is 1. The molecular formula is C32H32F2N4O5. The summed E-state index contributed by atoms with van der Waals surface area (Å²) in [6, 6.07) is 15.0. The minimum absolute atomic E-state index is 0.0711. The minimum atomic E-state index is -1.22. The van der Waals surface area contributed by atoms with Gasteiger partial charge in [-0.25, -0.2) is 8.78 Å². The van der Waals surface area contributed by atoms with E-state index in [4.69, 9.17) is 19.9 Å². The molecule has 0 atom stereocenters. The predicted molar refractivity (Wildman–Crippen MR) is 158 cm³/mol. The lowest BCUT2D eigenvalue weighted by Gasteiger charge is -2.23. The third kappa shape index (κ3) is 7.00. The molecular weight excluding hydrogens is 558 g/mol. The summed E-state index contributed by atoms with van der Waals surface area (Å²) in [5.41, 5.74) is 6.22. The maximum Gasteiger partial charge on any atom is 0.316 e. The first-order valence-electron chi connectivity index (χ1n) is 14.0. The Morgan fingerprint density at radius 3 is 2.49 bits per heavy atom. The Hall–Kier alpha value is -4.77. The lowest BCUT2D eigenvalue weighted by molar-refractivity contribution is -0.135. The van der Waals surface area contributed by atoms with Crippen LogP contribution in [-0.2, 0) is 16.0 Å². The van der Waals surface area contributed by atoms with E-state index in [1.165, 1.54) is 18.2 Å². The number of anilines is 1. The first kappa shape index (κ1) is 29.7. The molecule has 1 aliphatic rings. The van der Waals surface area contributed by atoms with Crippen LogP contribution >= 0.6 is 0 Å². The van der Waals surface area contributed by atoms with Crippen molar-refractivity contribution < 1.29 is 32.6 Å². The maximum absolute atomic E-state index is 15.4. The number of methoxy groups -OCH3 is 1. The van der Waals surface area contributed by atoms with Gasteiger partial charge < -0.3 is 30.2 Å². The molecule has 2 amide bonds. The van der Waals surface area contributed by atoms with Gasteiger partial charge in [0.2, 0.25) is 0 Å². The number of benzene rings is 3. The smallest absolute Gasteiger partial charge is 0.316 e. The molecule has 5 rings (SSSR count). The highest BCUT2D eigenvalue weighted by molar-refractivity contribution is 6.39. The summed E-state index contributed by atoms with van der Waals surface area (Å²) >= 11 is 0. The third-order valence-corrected chi connectivity index (χ3v) is 7.39. The number of piperidine rings is 1. The second-order valence-electron chi connectivity index (χ2n) is 10.2. The van der Waals surface area contributed by atoms with Crippen LogP contribution in [0.1, 0.15) is 18.4 Å². The van der Waals surface area contributed by atoms with Gasteiger partial charge in [0.1, 0.15) is 11.6 Å². The summed E-state index contributed by atoms with van der Waals surface area (Å²) in [5.74, 6) is -1.81. The van der Waals surface area contributed by atoms with Crippen LogP contribution < -0.4 is 30.2 Å². The Morgan fingerprint density at radius 2 is 1.77 bits per heavy atom. The van der Waals surface area contributed by atoms with E-state index in [-0.39, 0.29) is 24.4 Å². The number of rotatable bonds is 10. The first-order chi connectivity index (χ1) is 20.8. The van der Waals surface area contributed by atoms with Crippen molar-refractivity contribution in [3.63, 3.8) is 0 Å². The lowest BCUT2D eigenvalue weighted by Crippen LogP contribution is -2.41. The zero-order chi connectivity index (χ0) is 30.3. The number of carbonyl (C=O) groups is 2. The van der Waals surface area contributed by atoms with Crippen molar-refractivity contribution in [3.05, 3.63) is 84.1 Å². The van der Waals surface area contributed by atoms with Gasteiger partial charge in [-0.1, -0.05) is 18.2 Å². The Kier molecular flexibility index (Phi) is 9.31. The van der Waals surface area contributed by atoms with Gasteiger partial charge in [0.25, 0.3) is 0 Å². The molecule has 1 fully saturated rings. The van der Waals surface area contributed by atoms with Crippen molar-refractivity contribution in [3.8, 4) is 23.0 Å². The van der Waals surface area contributed by atoms with E-state index >= 15 is 4.39 Å². The molecule has 9 nitrogen and oxygen atoms in total. The number of fused-ring (bicyclic) bond motifs is 1. The Morgan fingerprint density at radius 1 is 0.977 bits per heavy atom. The van der Waals surface area contributed by atoms with Gasteiger partial charge in [-0.2, -0.15) is 0 Å². The van der Waals surface area contributed by atoms with Gasteiger partial charge in [-0.15, -0.1) is 0 Å². The number of hydrogen-bond acceptors (Lipinski definition) is 7. The van der Waals surface area contributed by atoms with Gasteiger partial charge in [0.15, 0.2) is 23.1 Å². The molecule has 3 N–H and O–H groups in total. The van der Waals surface area contributed by atoms with Crippen molar-refractivity contribution in [2.45, 2.75) is 19.3 Å². The number of nitrogens with one attached hydrogen (secondary N) is 1. The van der Waals surface area contributed by atoms with Crippen LogP contribution in [0.25, 0.3) is 10.9 Å². The molecule has 0 aliphatic carbocycles. The van der Waals surface area contributed by atoms with Crippen LogP contribution in [0, 0.1) is 17.6 Å². The molecule has 2 heterocycles. The van der Waals surface area contributed by atoms with Crippen LogP contribution in [0.4, 0.5) is 14.5 Å². The summed E-state index contributed by atoms with van der Waals surface area (Å²) in [6.07, 6.45) is 3.70. The number of carbonyl (C=O) groups excluding carboxylic acids is 2. The van der Waals surface area contributed by atoms with E-state index < -0.39 is 23.4 Å². The zero-order valence-corrected chi connectivity index (χ0v) is 23.6. The third-order valence-electron chi connectivity index (χ3n) is 7.39. The normalized spacial score (nSPS) is 13.5. The number of primary amides is 1. The summed E-state index contributed by atoms with van der Waals surface area (Å²) in [4.78, 5) is 29.7. The highest BCUT2D eigenvalue weighted by Crippen LogP contribution is 2.38. The minimum Gasteiger partial charge on any atom is -0.493 e. The maximum atomic E-state index is 15.4. The molecule has 0 saturated carbocycles. The molecule has 0 spiro atoms. The second-order valence-corrected chi connectivity index (χ2v) is 10.2. The molecule has 0 unspecified atom stereocenters. The fourth-order valence-corrected chi connectivity index (χ4v) is 5.02. The highest BCUT2D eigenvalue weighted by atomic mass is 19.1. The average Bonchev–Trinajstić information content (AvgIpc) is 3.02. The van der Waals surface area contributed by atoms with E-state index in [1.807, 2.05) is 0 Å². The van der Waals surface area contributed by atoms with Gasteiger partial charge in [-0.05, 0) is 74.2 Å². The molecule has 11 heteroatoms. The molecule has 1 saturated heterocycles. The van der Waals surface area contributed by atoms with Crippen molar-refractivity contribution in [1.29, 1.82) is 0 Å². The molecule has 3 aromatic carbocycles. The SMILES string of the molecule is COc1cc2c(Oc3ccc(N(CCc4ccccc4F)C(=O)C(N)=O)cc3F)ccnc2cc1OCC1CCNCC1. The molecule has 4 aromatic rings. The van der Waals surface area contributed by atoms with E-state index in [1.54, 1.807) is 49.7 Å². The van der Waals surface area contributed by atoms with Crippen LogP contribution in [-0.4, -0.2) is 50.1 Å². The van der Waals surface area contributed by atoms with Gasteiger partial charge in [0.05, 0.1) is 19.2 Å². The zero-order valence-electron chi connectivity index (χ0n) is 23.6. The molecule has 0 radical (unpaired) electrons. The van der Waals surface area contributed by atoms with E-state index in [0.29, 0.717) is 46.2 Å². The van der Waals surface area contributed by atoms with Crippen LogP contribution in [0.15, 0.2) is 66.9 Å². The summed E-state index contributed by atoms with van der Waals surface area (Å²) in [5, 5.41) is 3.92. The fourth-order valence-electron chi connectivity index (χ4n) is 5.02. The highest BCUT2D eigenvalue weighted by Gasteiger charge is 2.23. The molecule has 43 heavy (non-hydrogen) atoms. The second kappa shape index (κ2) is 13.5. The largest absolute Gasteiger partial charge is 0.493 e. The summed E-state index contributed by atoms with van der Waals surface area (Å²) in [7, 11) is 1.54. The lowest BCUT2D eigenvalue weighted by atomic mass is 9.99. The van der Waals surface area contributed by atoms with E-state index in [9.17, 15) is 14.0 Å². The summed E-state index contributed by atoms with van der Waals surface area (Å²) in [6.45, 7) is 2.40. The van der Waals surface area contributed by atoms with Crippen molar-refractivity contribution in [2.75, 3.05) is 38.3 Å². The quantitative estimate of drug-likeness (QED) is 0.256. The number of nitrogens with zero attached hydrogens (tertiary/aromatic N) is 2. The number of halogens is 2. The van der Waals surface area contributed by atoms with Crippen LogP contribution in [0.5, 0.6) is 23.0 Å². The van der Waals surface area contributed by atoms with Crippen molar-refractivity contribution in [1.82, 2.24) is 10.3 Å². The molecule has 224 valence electrons. The predicted octanol–water partition coefficient (Wildman–Crippen LogP) is 4.75. The number of nitrogens with two attached hydrogens (primary N) is 1. The number of pyridine rings is 1. The molecule has 1 aromatic heterocycles. The number of hydrogen-bond donors (Lipinski definition) is 2. The van der Waals surface area contributed by atoms with Crippen LogP contribution in [0.3, 0.4) is 0 Å². The molecule has 1 aliphatic heterocycles. The first-order valence-corrected chi connectivity index (χ1v) is 14.0. The van der Waals surface area contributed by atoms with Gasteiger partial charge >= 0.3 is 11.8 Å². The van der Waals surface area contributed by atoms with E-state index in [0.717, 1.165) is 36.9 Å². The Labute approximate surface area is 247 Å².